The number of methoxy groups -OCH3 is 2. The minimum Gasteiger partial charge on any atom is -0.496 e. The summed E-state index contributed by atoms with van der Waals surface area (Å²) in [6.07, 6.45) is 0. The van der Waals surface area contributed by atoms with Crippen LogP contribution in [0.2, 0.25) is 0 Å². The molecule has 0 bridgehead atoms. The van der Waals surface area contributed by atoms with E-state index in [1.165, 1.54) is 19.2 Å². The third kappa shape index (κ3) is 3.42. The number of hydrogen-bond donors (Lipinski definition) is 1. The van der Waals surface area contributed by atoms with Crippen molar-refractivity contribution in [3.8, 4) is 11.5 Å². The standard InChI is InChI=1S/C15H15BrFNO2/c1-19-14-6-3-11(16)7-10(14)9-18-13-5-4-12(17)8-15(13)20-2/h3-8,18H,9H2,1-2H3. The third-order valence-corrected chi connectivity index (χ3v) is 3.37. The van der Waals surface area contributed by atoms with Crippen LogP contribution in [0.3, 0.4) is 0 Å². The normalized spacial score (nSPS) is 10.2. The Morgan fingerprint density at radius 3 is 2.50 bits per heavy atom. The van der Waals surface area contributed by atoms with Gasteiger partial charge in [-0.3, -0.25) is 0 Å². The molecule has 0 aromatic heterocycles. The molecule has 0 saturated carbocycles. The van der Waals surface area contributed by atoms with Crippen molar-refractivity contribution in [2.75, 3.05) is 19.5 Å². The highest BCUT2D eigenvalue weighted by atomic mass is 79.9. The summed E-state index contributed by atoms with van der Waals surface area (Å²) in [7, 11) is 3.14. The molecule has 0 fully saturated rings. The van der Waals surface area contributed by atoms with Crippen LogP contribution in [0.5, 0.6) is 11.5 Å². The molecule has 0 saturated heterocycles. The van der Waals surface area contributed by atoms with E-state index in [0.29, 0.717) is 12.3 Å². The maximum absolute atomic E-state index is 13.1. The van der Waals surface area contributed by atoms with Crippen LogP contribution in [0.1, 0.15) is 5.56 Å². The molecule has 3 nitrogen and oxygen atoms in total. The van der Waals surface area contributed by atoms with Crippen molar-refractivity contribution in [2.24, 2.45) is 0 Å². The zero-order valence-electron chi connectivity index (χ0n) is 11.2. The van der Waals surface area contributed by atoms with E-state index in [1.54, 1.807) is 13.2 Å². The summed E-state index contributed by atoms with van der Waals surface area (Å²) < 4.78 is 24.6. The molecule has 5 heteroatoms. The molecule has 0 unspecified atom stereocenters. The predicted molar refractivity (Wildman–Crippen MR) is 81.0 cm³/mol. The van der Waals surface area contributed by atoms with Gasteiger partial charge in [0.2, 0.25) is 0 Å². The topological polar surface area (TPSA) is 30.5 Å². The van der Waals surface area contributed by atoms with Crippen LogP contribution in [0, 0.1) is 5.82 Å². The van der Waals surface area contributed by atoms with E-state index < -0.39 is 0 Å². The minimum atomic E-state index is -0.326. The van der Waals surface area contributed by atoms with E-state index in [2.05, 4.69) is 21.2 Å². The van der Waals surface area contributed by atoms with Crippen LogP contribution in [-0.2, 0) is 6.54 Å². The molecule has 0 aliphatic carbocycles. The van der Waals surface area contributed by atoms with E-state index in [4.69, 9.17) is 9.47 Å². The van der Waals surface area contributed by atoms with Gasteiger partial charge < -0.3 is 14.8 Å². The largest absolute Gasteiger partial charge is 0.496 e. The molecule has 0 atom stereocenters. The van der Waals surface area contributed by atoms with Crippen molar-refractivity contribution in [3.63, 3.8) is 0 Å². The summed E-state index contributed by atoms with van der Waals surface area (Å²) in [6, 6.07) is 10.2. The summed E-state index contributed by atoms with van der Waals surface area (Å²) in [5, 5.41) is 3.22. The van der Waals surface area contributed by atoms with E-state index in [9.17, 15) is 4.39 Å². The van der Waals surface area contributed by atoms with Gasteiger partial charge in [-0.1, -0.05) is 15.9 Å². The number of halogens is 2. The van der Waals surface area contributed by atoms with Gasteiger partial charge in [-0.2, -0.15) is 0 Å². The molecule has 0 amide bonds. The molecule has 0 heterocycles. The van der Waals surface area contributed by atoms with Gasteiger partial charge in [-0.05, 0) is 30.3 Å². The molecule has 0 aliphatic heterocycles. The van der Waals surface area contributed by atoms with Crippen molar-refractivity contribution >= 4 is 21.6 Å². The SMILES string of the molecule is COc1ccc(Br)cc1CNc1ccc(F)cc1OC. The maximum atomic E-state index is 13.1. The molecule has 2 rings (SSSR count). The summed E-state index contributed by atoms with van der Waals surface area (Å²) in [5.41, 5.74) is 1.73. The molecular weight excluding hydrogens is 325 g/mol. The van der Waals surface area contributed by atoms with Crippen molar-refractivity contribution in [2.45, 2.75) is 6.54 Å². The number of ether oxygens (including phenoxy) is 2. The fraction of sp³-hybridized carbons (Fsp3) is 0.200. The van der Waals surface area contributed by atoms with Gasteiger partial charge in [-0.15, -0.1) is 0 Å². The average Bonchev–Trinajstić information content (AvgIpc) is 2.46. The van der Waals surface area contributed by atoms with Crippen LogP contribution in [-0.4, -0.2) is 14.2 Å². The Morgan fingerprint density at radius 1 is 1.05 bits per heavy atom. The smallest absolute Gasteiger partial charge is 0.144 e. The fourth-order valence-corrected chi connectivity index (χ4v) is 2.30. The van der Waals surface area contributed by atoms with Gasteiger partial charge in [0.05, 0.1) is 19.9 Å². The molecule has 106 valence electrons. The highest BCUT2D eigenvalue weighted by Gasteiger charge is 2.07. The lowest BCUT2D eigenvalue weighted by Crippen LogP contribution is -2.03. The average molecular weight is 340 g/mol. The first kappa shape index (κ1) is 14.7. The summed E-state index contributed by atoms with van der Waals surface area (Å²) in [4.78, 5) is 0. The van der Waals surface area contributed by atoms with Crippen LogP contribution in [0.4, 0.5) is 10.1 Å². The van der Waals surface area contributed by atoms with Crippen molar-refractivity contribution < 1.29 is 13.9 Å². The van der Waals surface area contributed by atoms with Crippen molar-refractivity contribution in [1.29, 1.82) is 0 Å². The molecule has 2 aromatic rings. The van der Waals surface area contributed by atoms with Gasteiger partial charge in [-0.25, -0.2) is 4.39 Å². The second-order valence-electron chi connectivity index (χ2n) is 4.15. The fourth-order valence-electron chi connectivity index (χ4n) is 1.89. The van der Waals surface area contributed by atoms with Crippen LogP contribution in [0.15, 0.2) is 40.9 Å². The third-order valence-electron chi connectivity index (χ3n) is 2.88. The Labute approximate surface area is 125 Å². The van der Waals surface area contributed by atoms with Crippen molar-refractivity contribution in [3.05, 3.63) is 52.3 Å². The van der Waals surface area contributed by atoms with Gasteiger partial charge in [0.25, 0.3) is 0 Å². The molecule has 2 aromatic carbocycles. The second kappa shape index (κ2) is 6.61. The Hall–Kier alpha value is -1.75. The lowest BCUT2D eigenvalue weighted by atomic mass is 10.2. The molecular formula is C15H15BrFNO2. The number of rotatable bonds is 5. The monoisotopic (exact) mass is 339 g/mol. The first-order valence-electron chi connectivity index (χ1n) is 6.04. The Morgan fingerprint density at radius 2 is 1.80 bits per heavy atom. The van der Waals surface area contributed by atoms with E-state index in [1.807, 2.05) is 18.2 Å². The lowest BCUT2D eigenvalue weighted by Gasteiger charge is -2.13. The number of anilines is 1. The molecule has 0 spiro atoms. The van der Waals surface area contributed by atoms with Gasteiger partial charge in [0.15, 0.2) is 0 Å². The Balaban J connectivity index is 2.18. The van der Waals surface area contributed by atoms with Gasteiger partial charge in [0, 0.05) is 22.6 Å². The van der Waals surface area contributed by atoms with Crippen LogP contribution < -0.4 is 14.8 Å². The molecule has 0 radical (unpaired) electrons. The second-order valence-corrected chi connectivity index (χ2v) is 5.07. The minimum absolute atomic E-state index is 0.326. The Bertz CT molecular complexity index is 604. The lowest BCUT2D eigenvalue weighted by molar-refractivity contribution is 0.409. The summed E-state index contributed by atoms with van der Waals surface area (Å²) in [6.45, 7) is 0.546. The first-order valence-corrected chi connectivity index (χ1v) is 6.83. The molecule has 1 N–H and O–H groups in total. The molecule has 20 heavy (non-hydrogen) atoms. The van der Waals surface area contributed by atoms with Crippen LogP contribution in [0.25, 0.3) is 0 Å². The highest BCUT2D eigenvalue weighted by Crippen LogP contribution is 2.28. The maximum Gasteiger partial charge on any atom is 0.144 e. The number of nitrogens with one attached hydrogen (secondary N) is 1. The highest BCUT2D eigenvalue weighted by molar-refractivity contribution is 9.10. The predicted octanol–water partition coefficient (Wildman–Crippen LogP) is 4.22. The number of hydrogen-bond acceptors (Lipinski definition) is 3. The van der Waals surface area contributed by atoms with Crippen LogP contribution >= 0.6 is 15.9 Å². The molecule has 0 aliphatic rings. The van der Waals surface area contributed by atoms with Crippen molar-refractivity contribution in [1.82, 2.24) is 0 Å². The Kier molecular flexibility index (Phi) is 4.84. The summed E-state index contributed by atoms with van der Waals surface area (Å²) >= 11 is 3.43. The van der Waals surface area contributed by atoms with E-state index in [-0.39, 0.29) is 5.82 Å². The van der Waals surface area contributed by atoms with E-state index >= 15 is 0 Å². The van der Waals surface area contributed by atoms with Gasteiger partial charge in [0.1, 0.15) is 17.3 Å². The zero-order valence-corrected chi connectivity index (χ0v) is 12.8. The first-order chi connectivity index (χ1) is 9.63. The quantitative estimate of drug-likeness (QED) is 0.884. The zero-order chi connectivity index (χ0) is 14.5. The van der Waals surface area contributed by atoms with E-state index in [0.717, 1.165) is 21.5 Å². The number of benzene rings is 2. The van der Waals surface area contributed by atoms with Gasteiger partial charge >= 0.3 is 0 Å². The summed E-state index contributed by atoms with van der Waals surface area (Å²) in [5.74, 6) is 0.938.